The first-order valence-electron chi connectivity index (χ1n) is 10.3. The second-order valence-corrected chi connectivity index (χ2v) is 7.56. The number of piperazine rings is 1. The topological polar surface area (TPSA) is 54.9 Å². The number of carbonyl (C=O) groups excluding carboxylic acids is 1. The Morgan fingerprint density at radius 2 is 1.67 bits per heavy atom. The molecule has 1 fully saturated rings. The van der Waals surface area contributed by atoms with Gasteiger partial charge in [-0.05, 0) is 55.8 Å². The van der Waals surface area contributed by atoms with E-state index in [1.165, 1.54) is 10.9 Å². The first kappa shape index (κ1) is 20.0. The third-order valence-electron chi connectivity index (χ3n) is 5.54. The molecular formula is C24H27N3O3. The number of para-hydroxylation sites is 1. The van der Waals surface area contributed by atoms with Gasteiger partial charge in [0.15, 0.2) is 6.10 Å². The number of pyridine rings is 1. The first-order valence-corrected chi connectivity index (χ1v) is 10.3. The summed E-state index contributed by atoms with van der Waals surface area (Å²) in [6, 6.07) is 17.6. The molecule has 1 aromatic heterocycles. The van der Waals surface area contributed by atoms with Gasteiger partial charge in [-0.2, -0.15) is 0 Å². The minimum absolute atomic E-state index is 0.00752. The van der Waals surface area contributed by atoms with Crippen molar-refractivity contribution in [2.75, 3.05) is 38.2 Å². The molecule has 30 heavy (non-hydrogen) atoms. The molecular weight excluding hydrogens is 378 g/mol. The van der Waals surface area contributed by atoms with Gasteiger partial charge in [-0.3, -0.25) is 4.79 Å². The lowest BCUT2D eigenvalue weighted by molar-refractivity contribution is -0.138. The Hall–Kier alpha value is -3.28. The summed E-state index contributed by atoms with van der Waals surface area (Å²) in [4.78, 5) is 21.8. The van der Waals surface area contributed by atoms with Crippen molar-refractivity contribution in [2.24, 2.45) is 0 Å². The summed E-state index contributed by atoms with van der Waals surface area (Å²) in [6.45, 7) is 6.74. The van der Waals surface area contributed by atoms with Crippen LogP contribution < -0.4 is 14.4 Å². The van der Waals surface area contributed by atoms with Gasteiger partial charge in [0, 0.05) is 31.6 Å². The molecule has 0 N–H and O–H groups in total. The van der Waals surface area contributed by atoms with Crippen molar-refractivity contribution >= 4 is 22.6 Å². The molecule has 2 heterocycles. The monoisotopic (exact) mass is 405 g/mol. The van der Waals surface area contributed by atoms with Gasteiger partial charge < -0.3 is 19.3 Å². The predicted molar refractivity (Wildman–Crippen MR) is 118 cm³/mol. The molecule has 156 valence electrons. The SMILES string of the molecule is COc1ccc(OC(C)C(=O)N2CCN(c3cc(C)c4ccccc4n3)CC2)cc1. The maximum atomic E-state index is 12.8. The summed E-state index contributed by atoms with van der Waals surface area (Å²) in [6.07, 6.45) is -0.536. The maximum Gasteiger partial charge on any atom is 0.263 e. The van der Waals surface area contributed by atoms with Crippen LogP contribution in [0.15, 0.2) is 54.6 Å². The summed E-state index contributed by atoms with van der Waals surface area (Å²) in [5.41, 5.74) is 2.23. The van der Waals surface area contributed by atoms with Crippen LogP contribution in [0.4, 0.5) is 5.82 Å². The molecule has 4 rings (SSSR count). The van der Waals surface area contributed by atoms with Crippen molar-refractivity contribution in [3.63, 3.8) is 0 Å². The Bertz CT molecular complexity index is 1030. The molecule has 6 nitrogen and oxygen atoms in total. The van der Waals surface area contributed by atoms with Crippen molar-refractivity contribution in [3.05, 3.63) is 60.2 Å². The Balaban J connectivity index is 1.37. The number of anilines is 1. The number of aromatic nitrogens is 1. The van der Waals surface area contributed by atoms with Gasteiger partial charge in [-0.1, -0.05) is 18.2 Å². The highest BCUT2D eigenvalue weighted by atomic mass is 16.5. The van der Waals surface area contributed by atoms with Gasteiger partial charge in [-0.25, -0.2) is 4.98 Å². The summed E-state index contributed by atoms with van der Waals surface area (Å²) in [5, 5.41) is 1.18. The quantitative estimate of drug-likeness (QED) is 0.648. The molecule has 1 aliphatic rings. The Morgan fingerprint density at radius 3 is 2.37 bits per heavy atom. The van der Waals surface area contributed by atoms with Crippen LogP contribution in [0.2, 0.25) is 0 Å². The molecule has 6 heteroatoms. The fourth-order valence-electron chi connectivity index (χ4n) is 3.82. The fraction of sp³-hybridized carbons (Fsp3) is 0.333. The second kappa shape index (κ2) is 8.61. The van der Waals surface area contributed by atoms with Crippen molar-refractivity contribution < 1.29 is 14.3 Å². The molecule has 3 aromatic rings. The molecule has 1 aliphatic heterocycles. The lowest BCUT2D eigenvalue weighted by Crippen LogP contribution is -2.52. The molecule has 1 unspecified atom stereocenters. The minimum Gasteiger partial charge on any atom is -0.497 e. The van der Waals surface area contributed by atoms with E-state index >= 15 is 0 Å². The average Bonchev–Trinajstić information content (AvgIpc) is 2.79. The zero-order valence-corrected chi connectivity index (χ0v) is 17.7. The lowest BCUT2D eigenvalue weighted by Gasteiger charge is -2.36. The molecule has 0 bridgehead atoms. The van der Waals surface area contributed by atoms with E-state index in [4.69, 9.17) is 14.5 Å². The molecule has 2 aromatic carbocycles. The van der Waals surface area contributed by atoms with E-state index in [-0.39, 0.29) is 5.91 Å². The molecule has 0 spiro atoms. The zero-order chi connectivity index (χ0) is 21.1. The van der Waals surface area contributed by atoms with Crippen LogP contribution in [0.1, 0.15) is 12.5 Å². The van der Waals surface area contributed by atoms with Crippen LogP contribution in [-0.4, -0.2) is 55.2 Å². The summed E-state index contributed by atoms with van der Waals surface area (Å²) < 4.78 is 11.0. The summed E-state index contributed by atoms with van der Waals surface area (Å²) in [7, 11) is 1.62. The van der Waals surface area contributed by atoms with Crippen LogP contribution in [-0.2, 0) is 4.79 Å². The highest BCUT2D eigenvalue weighted by Gasteiger charge is 2.26. The highest BCUT2D eigenvalue weighted by Crippen LogP contribution is 2.24. The van der Waals surface area contributed by atoms with E-state index in [0.29, 0.717) is 18.8 Å². The van der Waals surface area contributed by atoms with E-state index in [1.807, 2.05) is 47.4 Å². The Morgan fingerprint density at radius 1 is 1.00 bits per heavy atom. The molecule has 1 atom stereocenters. The number of carbonyl (C=O) groups is 1. The number of methoxy groups -OCH3 is 1. The van der Waals surface area contributed by atoms with Crippen LogP contribution in [0.5, 0.6) is 11.5 Å². The van der Waals surface area contributed by atoms with E-state index in [1.54, 1.807) is 14.0 Å². The standard InChI is InChI=1S/C24H27N3O3/c1-17-16-23(25-22-7-5-4-6-21(17)22)26-12-14-27(15-13-26)24(28)18(2)30-20-10-8-19(29-3)9-11-20/h4-11,16,18H,12-15H2,1-3H3. The number of aryl methyl sites for hydroxylation is 1. The summed E-state index contributed by atoms with van der Waals surface area (Å²) >= 11 is 0. The summed E-state index contributed by atoms with van der Waals surface area (Å²) in [5.74, 6) is 2.40. The number of fused-ring (bicyclic) bond motifs is 1. The number of amides is 1. The number of hydrogen-bond donors (Lipinski definition) is 0. The van der Waals surface area contributed by atoms with Gasteiger partial charge >= 0.3 is 0 Å². The largest absolute Gasteiger partial charge is 0.497 e. The number of hydrogen-bond acceptors (Lipinski definition) is 5. The molecule has 1 saturated heterocycles. The third-order valence-corrected chi connectivity index (χ3v) is 5.54. The molecule has 1 amide bonds. The normalized spacial score (nSPS) is 15.2. The Kier molecular flexibility index (Phi) is 5.74. The number of nitrogens with zero attached hydrogens (tertiary/aromatic N) is 3. The van der Waals surface area contributed by atoms with E-state index in [0.717, 1.165) is 30.2 Å². The van der Waals surface area contributed by atoms with Crippen molar-refractivity contribution in [2.45, 2.75) is 20.0 Å². The maximum absolute atomic E-state index is 12.8. The molecule has 0 saturated carbocycles. The van der Waals surface area contributed by atoms with Gasteiger partial charge in [-0.15, -0.1) is 0 Å². The lowest BCUT2D eigenvalue weighted by atomic mass is 10.1. The number of rotatable bonds is 5. The zero-order valence-electron chi connectivity index (χ0n) is 17.7. The Labute approximate surface area is 177 Å². The van der Waals surface area contributed by atoms with Crippen LogP contribution >= 0.6 is 0 Å². The minimum atomic E-state index is -0.536. The fourth-order valence-corrected chi connectivity index (χ4v) is 3.82. The van der Waals surface area contributed by atoms with Gasteiger partial charge in [0.05, 0.1) is 12.6 Å². The van der Waals surface area contributed by atoms with Gasteiger partial charge in [0.1, 0.15) is 17.3 Å². The number of benzene rings is 2. The van der Waals surface area contributed by atoms with E-state index in [2.05, 4.69) is 24.0 Å². The highest BCUT2D eigenvalue weighted by molar-refractivity contribution is 5.84. The van der Waals surface area contributed by atoms with Crippen LogP contribution in [0.25, 0.3) is 10.9 Å². The number of ether oxygens (including phenoxy) is 2. The average molecular weight is 405 g/mol. The van der Waals surface area contributed by atoms with E-state index in [9.17, 15) is 4.79 Å². The third kappa shape index (κ3) is 4.17. The molecule has 0 aliphatic carbocycles. The first-order chi connectivity index (χ1) is 14.5. The van der Waals surface area contributed by atoms with Gasteiger partial charge in [0.2, 0.25) is 0 Å². The smallest absolute Gasteiger partial charge is 0.263 e. The predicted octanol–water partition coefficient (Wildman–Crippen LogP) is 3.67. The van der Waals surface area contributed by atoms with Crippen molar-refractivity contribution in [1.82, 2.24) is 9.88 Å². The van der Waals surface area contributed by atoms with E-state index < -0.39 is 6.10 Å². The molecule has 0 radical (unpaired) electrons. The van der Waals surface area contributed by atoms with Crippen molar-refractivity contribution in [1.29, 1.82) is 0 Å². The van der Waals surface area contributed by atoms with Crippen molar-refractivity contribution in [3.8, 4) is 11.5 Å². The van der Waals surface area contributed by atoms with Gasteiger partial charge in [0.25, 0.3) is 5.91 Å². The van der Waals surface area contributed by atoms with Crippen LogP contribution in [0.3, 0.4) is 0 Å². The second-order valence-electron chi connectivity index (χ2n) is 7.56. The van der Waals surface area contributed by atoms with Crippen LogP contribution in [0, 0.1) is 6.92 Å².